The van der Waals surface area contributed by atoms with Crippen LogP contribution in [0.25, 0.3) is 0 Å². The summed E-state index contributed by atoms with van der Waals surface area (Å²) in [6, 6.07) is 1.91. The fourth-order valence-electron chi connectivity index (χ4n) is 1.93. The van der Waals surface area contributed by atoms with E-state index in [0.29, 0.717) is 12.5 Å². The third-order valence-electron chi connectivity index (χ3n) is 2.88. The number of primary amides is 1. The van der Waals surface area contributed by atoms with Crippen LogP contribution in [-0.2, 0) is 4.74 Å². The molecule has 2 heterocycles. The molecule has 0 radical (unpaired) electrons. The molecule has 0 bridgehead atoms. The van der Waals surface area contributed by atoms with E-state index in [2.05, 4.69) is 9.97 Å². The summed E-state index contributed by atoms with van der Waals surface area (Å²) in [6.07, 6.45) is 1.49. The number of anilines is 1. The Bertz CT molecular complexity index is 530. The number of amides is 1. The van der Waals surface area contributed by atoms with Crippen LogP contribution in [0.15, 0.2) is 6.20 Å². The zero-order valence-electron chi connectivity index (χ0n) is 10.0. The minimum absolute atomic E-state index is 0.143. The van der Waals surface area contributed by atoms with Gasteiger partial charge < -0.3 is 15.4 Å². The molecule has 1 atom stereocenters. The van der Waals surface area contributed by atoms with Gasteiger partial charge in [0.2, 0.25) is 5.95 Å². The number of nitriles is 1. The average molecular weight is 282 g/mol. The number of halogens is 1. The number of hydrogen-bond acceptors (Lipinski definition) is 6. The molecule has 2 N–H and O–H groups in total. The second-order valence-electron chi connectivity index (χ2n) is 4.22. The maximum atomic E-state index is 10.5. The highest BCUT2D eigenvalue weighted by Gasteiger charge is 2.25. The van der Waals surface area contributed by atoms with Crippen LogP contribution >= 0.6 is 11.6 Å². The third kappa shape index (κ3) is 3.23. The fraction of sp³-hybridized carbons (Fsp3) is 0.455. The normalized spacial score (nSPS) is 18.1. The lowest BCUT2D eigenvalue weighted by Crippen LogP contribution is -2.24. The van der Waals surface area contributed by atoms with Crippen molar-refractivity contribution in [1.82, 2.24) is 9.97 Å². The minimum Gasteiger partial charge on any atom is -0.449 e. The van der Waals surface area contributed by atoms with E-state index in [-0.39, 0.29) is 23.2 Å². The molecule has 1 aromatic rings. The topological polar surface area (TPSA) is 105 Å². The molecule has 1 amide bonds. The highest BCUT2D eigenvalue weighted by atomic mass is 35.5. The molecule has 7 nitrogen and oxygen atoms in total. The van der Waals surface area contributed by atoms with Crippen molar-refractivity contribution < 1.29 is 9.53 Å². The number of hydrogen-bond donors (Lipinski definition) is 1. The van der Waals surface area contributed by atoms with Gasteiger partial charge in [-0.1, -0.05) is 11.6 Å². The van der Waals surface area contributed by atoms with Crippen LogP contribution in [0.5, 0.6) is 0 Å². The number of carbonyl (C=O) groups excluding carboxylic acids is 1. The zero-order valence-corrected chi connectivity index (χ0v) is 10.8. The first-order chi connectivity index (χ1) is 9.10. The van der Waals surface area contributed by atoms with Crippen molar-refractivity contribution in [3.8, 4) is 6.07 Å². The smallest absolute Gasteiger partial charge is 0.404 e. The molecule has 100 valence electrons. The maximum absolute atomic E-state index is 10.5. The highest BCUT2D eigenvalue weighted by molar-refractivity contribution is 6.30. The quantitative estimate of drug-likeness (QED) is 0.826. The Morgan fingerprint density at radius 1 is 1.74 bits per heavy atom. The molecular weight excluding hydrogens is 270 g/mol. The van der Waals surface area contributed by atoms with E-state index in [1.165, 1.54) is 6.20 Å². The van der Waals surface area contributed by atoms with E-state index in [4.69, 9.17) is 27.3 Å². The number of nitrogens with zero attached hydrogens (tertiary/aromatic N) is 4. The van der Waals surface area contributed by atoms with E-state index < -0.39 is 6.09 Å². The van der Waals surface area contributed by atoms with Crippen LogP contribution in [0.2, 0.25) is 5.15 Å². The number of aromatic nitrogens is 2. The second-order valence-corrected chi connectivity index (χ2v) is 4.58. The van der Waals surface area contributed by atoms with Gasteiger partial charge in [0.25, 0.3) is 0 Å². The van der Waals surface area contributed by atoms with Gasteiger partial charge in [0.05, 0.1) is 12.8 Å². The summed E-state index contributed by atoms with van der Waals surface area (Å²) in [7, 11) is 0. The monoisotopic (exact) mass is 281 g/mol. The van der Waals surface area contributed by atoms with Gasteiger partial charge in [-0.2, -0.15) is 10.2 Å². The van der Waals surface area contributed by atoms with Gasteiger partial charge in [0.1, 0.15) is 11.6 Å². The summed E-state index contributed by atoms with van der Waals surface area (Å²) in [6.45, 7) is 1.69. The summed E-state index contributed by atoms with van der Waals surface area (Å²) in [4.78, 5) is 20.6. The minimum atomic E-state index is -0.767. The lowest BCUT2D eigenvalue weighted by molar-refractivity contribution is 0.140. The molecule has 1 aliphatic heterocycles. The molecular formula is C11H12ClN5O2. The third-order valence-corrected chi connectivity index (χ3v) is 3.17. The van der Waals surface area contributed by atoms with Gasteiger partial charge >= 0.3 is 6.09 Å². The largest absolute Gasteiger partial charge is 0.449 e. The molecule has 1 fully saturated rings. The number of carbonyl (C=O) groups is 1. The van der Waals surface area contributed by atoms with Crippen molar-refractivity contribution in [3.63, 3.8) is 0 Å². The van der Waals surface area contributed by atoms with E-state index in [1.54, 1.807) is 0 Å². The van der Waals surface area contributed by atoms with Gasteiger partial charge in [-0.25, -0.2) is 9.78 Å². The molecule has 1 saturated heterocycles. The summed E-state index contributed by atoms with van der Waals surface area (Å²) in [5.41, 5.74) is 5.17. The Kier molecular flexibility index (Phi) is 4.02. The lowest BCUT2D eigenvalue weighted by Gasteiger charge is -2.16. The van der Waals surface area contributed by atoms with Crippen molar-refractivity contribution >= 4 is 23.6 Å². The molecule has 0 aromatic carbocycles. The Morgan fingerprint density at radius 3 is 3.16 bits per heavy atom. The van der Waals surface area contributed by atoms with Crippen molar-refractivity contribution in [2.75, 3.05) is 24.6 Å². The first-order valence-corrected chi connectivity index (χ1v) is 6.07. The Morgan fingerprint density at radius 2 is 2.53 bits per heavy atom. The molecule has 1 aliphatic rings. The standard InChI is InChI=1S/C11H12ClN5O2/c12-9-8(3-13)4-15-11(16-9)17-2-1-7(5-17)6-19-10(14)18/h4,7H,1-2,5-6H2,(H2,14,18). The van der Waals surface area contributed by atoms with Gasteiger partial charge in [0, 0.05) is 19.0 Å². The molecule has 0 spiro atoms. The summed E-state index contributed by atoms with van der Waals surface area (Å²) in [5.74, 6) is 0.677. The predicted octanol–water partition coefficient (Wildman–Crippen LogP) is 0.923. The lowest BCUT2D eigenvalue weighted by atomic mass is 10.1. The van der Waals surface area contributed by atoms with Gasteiger partial charge in [-0.15, -0.1) is 0 Å². The van der Waals surface area contributed by atoms with Crippen LogP contribution in [0.4, 0.5) is 10.7 Å². The van der Waals surface area contributed by atoms with Crippen molar-refractivity contribution in [1.29, 1.82) is 5.26 Å². The first-order valence-electron chi connectivity index (χ1n) is 5.70. The average Bonchev–Trinajstić information content (AvgIpc) is 2.85. The SMILES string of the molecule is N#Cc1cnc(N2CCC(COC(N)=O)C2)nc1Cl. The van der Waals surface area contributed by atoms with Crippen LogP contribution < -0.4 is 10.6 Å². The Labute approximate surface area is 114 Å². The molecule has 1 aromatic heterocycles. The second kappa shape index (κ2) is 5.71. The molecule has 8 heteroatoms. The number of ether oxygens (including phenoxy) is 1. The van der Waals surface area contributed by atoms with Crippen molar-refractivity contribution in [2.45, 2.75) is 6.42 Å². The Hall–Kier alpha value is -2.07. The molecule has 1 unspecified atom stereocenters. The van der Waals surface area contributed by atoms with Crippen LogP contribution in [0.1, 0.15) is 12.0 Å². The van der Waals surface area contributed by atoms with Crippen LogP contribution in [-0.4, -0.2) is 35.8 Å². The molecule has 0 aliphatic carbocycles. The first kappa shape index (κ1) is 13.4. The van der Waals surface area contributed by atoms with E-state index >= 15 is 0 Å². The van der Waals surface area contributed by atoms with Gasteiger partial charge in [0.15, 0.2) is 5.15 Å². The molecule has 2 rings (SSSR count). The van der Waals surface area contributed by atoms with E-state index in [9.17, 15) is 4.79 Å². The van der Waals surface area contributed by atoms with Gasteiger partial charge in [-0.05, 0) is 6.42 Å². The number of rotatable bonds is 3. The molecule has 0 saturated carbocycles. The van der Waals surface area contributed by atoms with Crippen molar-refractivity contribution in [3.05, 3.63) is 16.9 Å². The van der Waals surface area contributed by atoms with Crippen LogP contribution in [0.3, 0.4) is 0 Å². The van der Waals surface area contributed by atoms with Crippen LogP contribution in [0, 0.1) is 17.2 Å². The van der Waals surface area contributed by atoms with Crippen molar-refractivity contribution in [2.24, 2.45) is 11.7 Å². The highest BCUT2D eigenvalue weighted by Crippen LogP contribution is 2.23. The zero-order chi connectivity index (χ0) is 13.8. The predicted molar refractivity (Wildman–Crippen MR) is 67.6 cm³/mol. The summed E-state index contributed by atoms with van der Waals surface area (Å²) < 4.78 is 4.77. The molecule has 19 heavy (non-hydrogen) atoms. The van der Waals surface area contributed by atoms with E-state index in [1.807, 2.05) is 11.0 Å². The Balaban J connectivity index is 1.99. The fourth-order valence-corrected chi connectivity index (χ4v) is 2.10. The number of nitrogens with two attached hydrogens (primary N) is 1. The maximum Gasteiger partial charge on any atom is 0.404 e. The summed E-state index contributed by atoms with van der Waals surface area (Å²) >= 11 is 5.86. The van der Waals surface area contributed by atoms with Gasteiger partial charge in [-0.3, -0.25) is 0 Å². The summed E-state index contributed by atoms with van der Waals surface area (Å²) in [5, 5.41) is 8.89. The van der Waals surface area contributed by atoms with E-state index in [0.717, 1.165) is 13.0 Å².